The highest BCUT2D eigenvalue weighted by atomic mass is 16.5. The summed E-state index contributed by atoms with van der Waals surface area (Å²) < 4.78 is 7.72. The monoisotopic (exact) mass is 461 g/mol. The van der Waals surface area contributed by atoms with Crippen molar-refractivity contribution >= 4 is 23.5 Å². The van der Waals surface area contributed by atoms with Crippen LogP contribution in [0.5, 0.6) is 5.75 Å². The normalized spacial score (nSPS) is 17.3. The Morgan fingerprint density at radius 1 is 1.35 bits per heavy atom. The fourth-order valence-electron chi connectivity index (χ4n) is 4.69. The van der Waals surface area contributed by atoms with E-state index < -0.39 is 0 Å². The maximum absolute atomic E-state index is 13.3. The number of fused-ring (bicyclic) bond motifs is 2. The highest BCUT2D eigenvalue weighted by Crippen LogP contribution is 2.48. The minimum absolute atomic E-state index is 0.124. The Kier molecular flexibility index (Phi) is 5.85. The summed E-state index contributed by atoms with van der Waals surface area (Å²) in [5.41, 5.74) is 4.54. The molecular weight excluding hydrogens is 430 g/mol. The number of amides is 1. The molecule has 1 aliphatic heterocycles. The van der Waals surface area contributed by atoms with Crippen molar-refractivity contribution < 1.29 is 14.3 Å². The fraction of sp³-hybridized carbons (Fsp3) is 0.462. The molecule has 2 aliphatic rings. The van der Waals surface area contributed by atoms with Crippen LogP contribution in [0.15, 0.2) is 30.6 Å². The average molecular weight is 462 g/mol. The molecule has 1 aromatic carbocycles. The van der Waals surface area contributed by atoms with Gasteiger partial charge in [-0.1, -0.05) is 0 Å². The van der Waals surface area contributed by atoms with Crippen molar-refractivity contribution in [1.82, 2.24) is 19.9 Å². The third kappa shape index (κ3) is 4.55. The van der Waals surface area contributed by atoms with Crippen molar-refractivity contribution in [3.8, 4) is 5.75 Å². The number of hydrogen-bond donors (Lipinski definition) is 2. The number of carbonyl (C=O) groups is 2. The van der Waals surface area contributed by atoms with Crippen LogP contribution >= 0.6 is 0 Å². The summed E-state index contributed by atoms with van der Waals surface area (Å²) >= 11 is 0. The van der Waals surface area contributed by atoms with Crippen LogP contribution in [0.4, 0.5) is 5.69 Å². The summed E-state index contributed by atoms with van der Waals surface area (Å²) in [5, 5.41) is 10.5. The maximum atomic E-state index is 13.3. The summed E-state index contributed by atoms with van der Waals surface area (Å²) in [5.74, 6) is 1.03. The minimum atomic E-state index is -0.235. The van der Waals surface area contributed by atoms with Crippen LogP contribution in [0.25, 0.3) is 5.65 Å². The first-order chi connectivity index (χ1) is 16.4. The molecule has 178 valence electrons. The molecule has 1 saturated carbocycles. The van der Waals surface area contributed by atoms with Crippen LogP contribution < -0.4 is 15.4 Å². The topological polar surface area (TPSA) is 97.6 Å². The molecule has 8 heteroatoms. The van der Waals surface area contributed by atoms with E-state index in [9.17, 15) is 9.59 Å². The summed E-state index contributed by atoms with van der Waals surface area (Å²) in [6, 6.07) is 6.02. The third-order valence-corrected chi connectivity index (χ3v) is 6.60. The molecule has 0 saturated heterocycles. The first kappa shape index (κ1) is 22.5. The van der Waals surface area contributed by atoms with Gasteiger partial charge in [0, 0.05) is 35.5 Å². The minimum Gasteiger partial charge on any atom is -0.487 e. The van der Waals surface area contributed by atoms with Crippen molar-refractivity contribution in [3.05, 3.63) is 53.0 Å². The van der Waals surface area contributed by atoms with E-state index >= 15 is 0 Å². The highest BCUT2D eigenvalue weighted by Gasteiger charge is 2.34. The zero-order valence-corrected chi connectivity index (χ0v) is 19.9. The summed E-state index contributed by atoms with van der Waals surface area (Å²) in [4.78, 5) is 29.5. The van der Waals surface area contributed by atoms with Crippen LogP contribution in [0.2, 0.25) is 0 Å². The molecule has 0 unspecified atom stereocenters. The van der Waals surface area contributed by atoms with E-state index in [2.05, 4.69) is 46.7 Å². The Hall–Kier alpha value is -3.26. The Balaban J connectivity index is 1.41. The number of nitrogens with zero attached hydrogens (tertiary/aromatic N) is 3. The number of aromatic nitrogens is 3. The smallest absolute Gasteiger partial charge is 0.261 e. The second-order valence-electron chi connectivity index (χ2n) is 10.1. The zero-order valence-electron chi connectivity index (χ0n) is 19.9. The number of anilines is 1. The van der Waals surface area contributed by atoms with E-state index in [0.717, 1.165) is 66.8 Å². The van der Waals surface area contributed by atoms with E-state index in [1.54, 1.807) is 16.9 Å². The average Bonchev–Trinajstić information content (AvgIpc) is 3.48. The van der Waals surface area contributed by atoms with Gasteiger partial charge in [0.25, 0.3) is 5.91 Å². The van der Waals surface area contributed by atoms with Crippen LogP contribution in [0.3, 0.4) is 0 Å². The van der Waals surface area contributed by atoms with Gasteiger partial charge < -0.3 is 20.2 Å². The Morgan fingerprint density at radius 2 is 2.18 bits per heavy atom. The van der Waals surface area contributed by atoms with Crippen molar-refractivity contribution in [2.24, 2.45) is 5.92 Å². The van der Waals surface area contributed by atoms with Crippen molar-refractivity contribution in [1.29, 1.82) is 0 Å². The molecule has 34 heavy (non-hydrogen) atoms. The zero-order chi connectivity index (χ0) is 23.9. The molecule has 1 fully saturated rings. The number of ether oxygens (including phenoxy) is 1. The first-order valence-corrected chi connectivity index (χ1v) is 12.0. The predicted molar refractivity (Wildman–Crippen MR) is 130 cm³/mol. The van der Waals surface area contributed by atoms with Gasteiger partial charge in [-0.3, -0.25) is 4.79 Å². The number of benzene rings is 1. The summed E-state index contributed by atoms with van der Waals surface area (Å²) in [6.45, 7) is 4.93. The quantitative estimate of drug-likeness (QED) is 0.473. The molecule has 2 N–H and O–H groups in total. The van der Waals surface area contributed by atoms with Gasteiger partial charge >= 0.3 is 0 Å². The molecule has 0 bridgehead atoms. The van der Waals surface area contributed by atoms with Crippen molar-refractivity contribution in [3.63, 3.8) is 0 Å². The number of carbonyl (C=O) groups excluding carboxylic acids is 2. The summed E-state index contributed by atoms with van der Waals surface area (Å²) in [6.07, 6.45) is 8.64. The van der Waals surface area contributed by atoms with E-state index in [1.165, 1.54) is 0 Å². The van der Waals surface area contributed by atoms with Crippen LogP contribution in [-0.2, 0) is 17.6 Å². The predicted octanol–water partition coefficient (Wildman–Crippen LogP) is 3.54. The number of hydrogen-bond acceptors (Lipinski definition) is 6. The second-order valence-corrected chi connectivity index (χ2v) is 10.1. The van der Waals surface area contributed by atoms with Gasteiger partial charge in [0.1, 0.15) is 23.2 Å². The van der Waals surface area contributed by atoms with E-state index in [1.807, 2.05) is 13.1 Å². The molecule has 0 radical (unpaired) electrons. The van der Waals surface area contributed by atoms with Gasteiger partial charge in [0.2, 0.25) is 0 Å². The van der Waals surface area contributed by atoms with Crippen molar-refractivity contribution in [2.45, 2.75) is 57.5 Å². The van der Waals surface area contributed by atoms with Crippen LogP contribution in [0.1, 0.15) is 66.2 Å². The van der Waals surface area contributed by atoms with Gasteiger partial charge in [0.15, 0.2) is 5.65 Å². The highest BCUT2D eigenvalue weighted by molar-refractivity contribution is 6.08. The molecule has 1 aliphatic carbocycles. The van der Waals surface area contributed by atoms with E-state index in [4.69, 9.17) is 4.74 Å². The number of aldehydes is 1. The Bertz CT molecular complexity index is 1240. The lowest BCUT2D eigenvalue weighted by Gasteiger charge is -2.17. The van der Waals surface area contributed by atoms with Crippen LogP contribution in [0, 0.1) is 5.92 Å². The molecule has 1 amide bonds. The first-order valence-electron chi connectivity index (χ1n) is 12.0. The fourth-order valence-corrected chi connectivity index (χ4v) is 4.69. The van der Waals surface area contributed by atoms with Gasteiger partial charge in [-0.2, -0.15) is 5.10 Å². The number of nitrogens with one attached hydrogen (secondary N) is 2. The molecule has 8 nitrogen and oxygen atoms in total. The SMILES string of the molecule is CNCC[C@H](C=O)Cc1ccn2ncc(C(=O)Nc3cc4c(cc3C3CC3)OC(C)(C)C4)c2n1. The molecule has 0 spiro atoms. The lowest BCUT2D eigenvalue weighted by molar-refractivity contribution is -0.111. The largest absolute Gasteiger partial charge is 0.487 e. The third-order valence-electron chi connectivity index (χ3n) is 6.60. The van der Waals surface area contributed by atoms with Gasteiger partial charge in [-0.15, -0.1) is 0 Å². The van der Waals surface area contributed by atoms with Gasteiger partial charge in [-0.05, 0) is 82.8 Å². The van der Waals surface area contributed by atoms with Crippen molar-refractivity contribution in [2.75, 3.05) is 18.9 Å². The van der Waals surface area contributed by atoms with E-state index in [0.29, 0.717) is 23.5 Å². The molecule has 5 rings (SSSR count). The molecule has 1 atom stereocenters. The Labute approximate surface area is 199 Å². The lowest BCUT2D eigenvalue weighted by Crippen LogP contribution is -2.24. The standard InChI is InChI=1S/C26H31N5O3/c1-26(2)13-18-11-22(20(17-4-5-17)12-23(18)34-26)30-25(33)21-14-28-31-9-7-19(29-24(21)31)10-16(15-32)6-8-27-3/h7,9,11-12,14-17,27H,4-6,8,10,13H2,1-3H3,(H,30,33)/t16-/m0/s1. The molecule has 3 aromatic rings. The molecule has 2 aromatic heterocycles. The van der Waals surface area contributed by atoms with Crippen LogP contribution in [-0.4, -0.2) is 46.0 Å². The molecule has 3 heterocycles. The Morgan fingerprint density at radius 3 is 2.91 bits per heavy atom. The van der Waals surface area contributed by atoms with Gasteiger partial charge in [0.05, 0.1) is 6.20 Å². The molecular formula is C26H31N5O3. The lowest BCUT2D eigenvalue weighted by atomic mass is 9.98. The van der Waals surface area contributed by atoms with E-state index in [-0.39, 0.29) is 17.4 Å². The number of rotatable bonds is 9. The summed E-state index contributed by atoms with van der Waals surface area (Å²) in [7, 11) is 1.87. The maximum Gasteiger partial charge on any atom is 0.261 e. The van der Waals surface area contributed by atoms with Gasteiger partial charge in [-0.25, -0.2) is 9.50 Å². The second kappa shape index (κ2) is 8.83.